The minimum atomic E-state index is -3.30. The van der Waals surface area contributed by atoms with Gasteiger partial charge in [0.1, 0.15) is 6.04 Å². The van der Waals surface area contributed by atoms with E-state index < -0.39 is 16.1 Å². The van der Waals surface area contributed by atoms with Crippen molar-refractivity contribution in [1.29, 1.82) is 0 Å². The van der Waals surface area contributed by atoms with Gasteiger partial charge in [-0.2, -0.15) is 4.31 Å². The molecule has 0 bridgehead atoms. The van der Waals surface area contributed by atoms with Crippen molar-refractivity contribution in [1.82, 2.24) is 14.5 Å². The summed E-state index contributed by atoms with van der Waals surface area (Å²) in [5.41, 5.74) is 3.04. The lowest BCUT2D eigenvalue weighted by Gasteiger charge is -2.35. The molecule has 0 unspecified atom stereocenters. The van der Waals surface area contributed by atoms with Crippen molar-refractivity contribution in [3.05, 3.63) is 69.2 Å². The summed E-state index contributed by atoms with van der Waals surface area (Å²) in [7, 11) is -3.30. The average Bonchev–Trinajstić information content (AvgIpc) is 3.68. The predicted octanol–water partition coefficient (Wildman–Crippen LogP) is 5.26. The quantitative estimate of drug-likeness (QED) is 0.360. The van der Waals surface area contributed by atoms with Gasteiger partial charge in [-0.15, -0.1) is 0 Å². The van der Waals surface area contributed by atoms with Crippen molar-refractivity contribution >= 4 is 45.0 Å². The first kappa shape index (κ1) is 29.8. The summed E-state index contributed by atoms with van der Waals surface area (Å²) in [6, 6.07) is 12.8. The van der Waals surface area contributed by atoms with Gasteiger partial charge in [0.05, 0.1) is 16.3 Å². The number of benzene rings is 2. The van der Waals surface area contributed by atoms with Gasteiger partial charge in [-0.1, -0.05) is 72.3 Å². The van der Waals surface area contributed by atoms with E-state index >= 15 is 0 Å². The maximum Gasteiger partial charge on any atom is 0.251 e. The first-order chi connectivity index (χ1) is 18.5. The first-order valence-corrected chi connectivity index (χ1v) is 16.2. The van der Waals surface area contributed by atoms with E-state index in [4.69, 9.17) is 23.2 Å². The molecule has 39 heavy (non-hydrogen) atoms. The third-order valence-corrected chi connectivity index (χ3v) is 9.84. The van der Waals surface area contributed by atoms with E-state index in [9.17, 15) is 18.0 Å². The molecule has 1 heterocycles. The number of amides is 2. The standard InChI is InChI=1S/C29H37Cl2N3O4S/c1-20-8-10-21(11-9-20)24-18-22(24)6-4-3-5-7-27(32-28(35)23-12-13-25(30)26(31)19-23)29(36)33-14-16-34(17-15-33)39(2,37)38/h8-13,19,22,24,27H,3-7,14-18H2,1-2H3,(H,32,35)/t22-,24+,27+/m1/s1. The normalized spacial score (nSPS) is 20.5. The number of rotatable bonds is 11. The second-order valence-electron chi connectivity index (χ2n) is 10.8. The first-order valence-electron chi connectivity index (χ1n) is 13.6. The van der Waals surface area contributed by atoms with Crippen molar-refractivity contribution in [2.45, 2.75) is 57.4 Å². The SMILES string of the molecule is Cc1ccc([C@@H]2C[C@H]2CCCCC[C@H](NC(=O)c2ccc(Cl)c(Cl)c2)C(=O)N2CCN(S(C)(=O)=O)CC2)cc1. The molecule has 2 aromatic rings. The van der Waals surface area contributed by atoms with Crippen LogP contribution in [0.5, 0.6) is 0 Å². The smallest absolute Gasteiger partial charge is 0.251 e. The van der Waals surface area contributed by atoms with Crippen LogP contribution in [0.15, 0.2) is 42.5 Å². The molecular formula is C29H37Cl2N3O4S. The summed E-state index contributed by atoms with van der Waals surface area (Å²) in [5.74, 6) is 0.820. The largest absolute Gasteiger partial charge is 0.340 e. The highest BCUT2D eigenvalue weighted by Crippen LogP contribution is 2.50. The number of nitrogens with one attached hydrogen (secondary N) is 1. The molecule has 10 heteroatoms. The molecule has 1 saturated heterocycles. The molecule has 2 fully saturated rings. The van der Waals surface area contributed by atoms with Crippen LogP contribution in [0.25, 0.3) is 0 Å². The molecule has 4 rings (SSSR count). The van der Waals surface area contributed by atoms with Crippen LogP contribution in [0, 0.1) is 12.8 Å². The highest BCUT2D eigenvalue weighted by Gasteiger charge is 2.37. The van der Waals surface area contributed by atoms with Crippen molar-refractivity contribution in [2.75, 3.05) is 32.4 Å². The number of aryl methyl sites for hydroxylation is 1. The monoisotopic (exact) mass is 593 g/mol. The van der Waals surface area contributed by atoms with Crippen LogP contribution in [0.4, 0.5) is 0 Å². The van der Waals surface area contributed by atoms with Gasteiger partial charge in [0.2, 0.25) is 15.9 Å². The van der Waals surface area contributed by atoms with Crippen LogP contribution in [0.2, 0.25) is 10.0 Å². The van der Waals surface area contributed by atoms with Gasteiger partial charge in [0, 0.05) is 31.7 Å². The van der Waals surface area contributed by atoms with Crippen LogP contribution in [-0.4, -0.2) is 67.9 Å². The molecular weight excluding hydrogens is 557 g/mol. The summed E-state index contributed by atoms with van der Waals surface area (Å²) >= 11 is 12.1. The van der Waals surface area contributed by atoms with Crippen LogP contribution in [0.1, 0.15) is 65.9 Å². The lowest BCUT2D eigenvalue weighted by molar-refractivity contribution is -0.134. The Kier molecular flexibility index (Phi) is 9.97. The molecule has 0 spiro atoms. The number of carbonyl (C=O) groups excluding carboxylic acids is 2. The molecule has 212 valence electrons. The van der Waals surface area contributed by atoms with Gasteiger partial charge < -0.3 is 10.2 Å². The number of hydrogen-bond donors (Lipinski definition) is 1. The zero-order chi connectivity index (χ0) is 28.2. The lowest BCUT2D eigenvalue weighted by Crippen LogP contribution is -2.55. The fourth-order valence-corrected chi connectivity index (χ4v) is 6.44. The number of carbonyl (C=O) groups is 2. The van der Waals surface area contributed by atoms with Gasteiger partial charge in [-0.25, -0.2) is 8.42 Å². The maximum atomic E-state index is 13.4. The molecule has 7 nitrogen and oxygen atoms in total. The van der Waals surface area contributed by atoms with Crippen LogP contribution >= 0.6 is 23.2 Å². The number of unbranched alkanes of at least 4 members (excludes halogenated alkanes) is 2. The lowest BCUT2D eigenvalue weighted by atomic mass is 10.0. The van der Waals surface area contributed by atoms with E-state index in [0.29, 0.717) is 36.0 Å². The predicted molar refractivity (Wildman–Crippen MR) is 156 cm³/mol. The number of hydrogen-bond acceptors (Lipinski definition) is 4. The molecule has 1 saturated carbocycles. The Labute approximate surface area is 241 Å². The number of halogens is 2. The second kappa shape index (κ2) is 13.0. The summed E-state index contributed by atoms with van der Waals surface area (Å²) < 4.78 is 25.1. The molecule has 2 aromatic carbocycles. The van der Waals surface area contributed by atoms with Crippen LogP contribution < -0.4 is 5.32 Å². The van der Waals surface area contributed by atoms with E-state index in [1.165, 1.54) is 40.6 Å². The Balaban J connectivity index is 1.30. The van der Waals surface area contributed by atoms with E-state index in [0.717, 1.165) is 25.2 Å². The fourth-order valence-electron chi connectivity index (χ4n) is 5.32. The number of nitrogens with zero attached hydrogens (tertiary/aromatic N) is 2. The number of sulfonamides is 1. The van der Waals surface area contributed by atoms with E-state index in [-0.39, 0.29) is 29.9 Å². The molecule has 1 aliphatic heterocycles. The molecule has 2 aliphatic rings. The highest BCUT2D eigenvalue weighted by molar-refractivity contribution is 7.88. The molecule has 0 aromatic heterocycles. The maximum absolute atomic E-state index is 13.4. The second-order valence-corrected chi connectivity index (χ2v) is 13.6. The van der Waals surface area contributed by atoms with E-state index in [1.54, 1.807) is 17.0 Å². The van der Waals surface area contributed by atoms with Gasteiger partial charge >= 0.3 is 0 Å². The molecule has 2 amide bonds. The van der Waals surface area contributed by atoms with Gasteiger partial charge in [-0.05, 0) is 61.8 Å². The third-order valence-electron chi connectivity index (χ3n) is 7.80. The van der Waals surface area contributed by atoms with Crippen LogP contribution in [-0.2, 0) is 14.8 Å². The summed E-state index contributed by atoms with van der Waals surface area (Å²) in [4.78, 5) is 28.1. The van der Waals surface area contributed by atoms with E-state index in [1.807, 2.05) is 0 Å². The van der Waals surface area contributed by atoms with Gasteiger partial charge in [0.15, 0.2) is 0 Å². The molecule has 3 atom stereocenters. The average molecular weight is 595 g/mol. The Morgan fingerprint density at radius 1 is 0.974 bits per heavy atom. The Morgan fingerprint density at radius 3 is 2.31 bits per heavy atom. The minimum absolute atomic E-state index is 0.182. The van der Waals surface area contributed by atoms with Crippen molar-refractivity contribution in [3.63, 3.8) is 0 Å². The van der Waals surface area contributed by atoms with Crippen molar-refractivity contribution in [3.8, 4) is 0 Å². The topological polar surface area (TPSA) is 86.8 Å². The third kappa shape index (κ3) is 8.19. The summed E-state index contributed by atoms with van der Waals surface area (Å²) in [6.45, 7) is 3.21. The Hall–Kier alpha value is -2.13. The highest BCUT2D eigenvalue weighted by atomic mass is 35.5. The zero-order valence-corrected chi connectivity index (χ0v) is 24.9. The van der Waals surface area contributed by atoms with Gasteiger partial charge in [-0.3, -0.25) is 9.59 Å². The van der Waals surface area contributed by atoms with Gasteiger partial charge in [0.25, 0.3) is 5.91 Å². The Morgan fingerprint density at radius 2 is 1.67 bits per heavy atom. The summed E-state index contributed by atoms with van der Waals surface area (Å²) in [6.07, 6.45) is 6.97. The van der Waals surface area contributed by atoms with E-state index in [2.05, 4.69) is 36.5 Å². The molecule has 0 radical (unpaired) electrons. The molecule has 1 N–H and O–H groups in total. The van der Waals surface area contributed by atoms with Crippen molar-refractivity contribution < 1.29 is 18.0 Å². The molecule has 1 aliphatic carbocycles. The number of piperazine rings is 1. The van der Waals surface area contributed by atoms with Crippen molar-refractivity contribution in [2.24, 2.45) is 5.92 Å². The van der Waals surface area contributed by atoms with Crippen LogP contribution in [0.3, 0.4) is 0 Å². The Bertz CT molecular complexity index is 1280. The summed E-state index contributed by atoms with van der Waals surface area (Å²) in [5, 5.41) is 3.52. The zero-order valence-electron chi connectivity index (χ0n) is 22.5. The minimum Gasteiger partial charge on any atom is -0.340 e. The fraction of sp³-hybridized carbons (Fsp3) is 0.517.